The van der Waals surface area contributed by atoms with Gasteiger partial charge in [-0.1, -0.05) is 79.6 Å². The lowest BCUT2D eigenvalue weighted by Gasteiger charge is -2.17. The Kier molecular flexibility index (Phi) is 6.74. The third-order valence-electron chi connectivity index (χ3n) is 5.94. The number of aryl methyl sites for hydroxylation is 2. The smallest absolute Gasteiger partial charge is 0.197 e. The Morgan fingerprint density at radius 1 is 0.514 bits per heavy atom. The Labute approximate surface area is 204 Å². The Bertz CT molecular complexity index is 1640. The lowest BCUT2D eigenvalue weighted by molar-refractivity contribution is 0.0979. The first-order valence-corrected chi connectivity index (χ1v) is 11.7. The van der Waals surface area contributed by atoms with E-state index in [0.29, 0.717) is 22.3 Å². The highest BCUT2D eigenvalue weighted by Crippen LogP contribution is 2.27. The molecule has 0 saturated heterocycles. The maximum Gasteiger partial charge on any atom is 0.197 e. The second-order valence-electron chi connectivity index (χ2n) is 8.30. The maximum atomic E-state index is 12.3. The van der Waals surface area contributed by atoms with E-state index >= 15 is 0 Å². The molecule has 0 spiro atoms. The van der Waals surface area contributed by atoms with Crippen LogP contribution in [0.15, 0.2) is 89.7 Å². The van der Waals surface area contributed by atoms with E-state index < -0.39 is 0 Å². The number of rotatable bonds is 0. The van der Waals surface area contributed by atoms with Gasteiger partial charge in [0.15, 0.2) is 17.0 Å². The van der Waals surface area contributed by atoms with Gasteiger partial charge in [-0.05, 0) is 44.2 Å². The fourth-order valence-electron chi connectivity index (χ4n) is 4.25. The molecule has 5 aromatic rings. The van der Waals surface area contributed by atoms with Gasteiger partial charge in [0.25, 0.3) is 0 Å². The number of hydrogen-bond acceptors (Lipinski definition) is 3. The molecule has 0 radical (unpaired) electrons. The molecule has 1 aliphatic carbocycles. The predicted octanol–water partition coefficient (Wildman–Crippen LogP) is 6.79. The number of aromatic amines is 1. The Hall–Kier alpha value is -4.31. The van der Waals surface area contributed by atoms with Gasteiger partial charge in [0.1, 0.15) is 0 Å². The molecule has 6 rings (SSSR count). The first-order chi connectivity index (χ1) is 16.9. The van der Waals surface area contributed by atoms with Crippen LogP contribution in [0.4, 0.5) is 0 Å². The molecule has 35 heavy (non-hydrogen) atoms. The second kappa shape index (κ2) is 9.90. The number of fused-ring (bicyclic) bond motifs is 4. The summed E-state index contributed by atoms with van der Waals surface area (Å²) in [5, 5.41) is 1.51. The van der Waals surface area contributed by atoms with Crippen LogP contribution >= 0.6 is 0 Å². The summed E-state index contributed by atoms with van der Waals surface area (Å²) < 4.78 is 0. The number of carbonyl (C=O) groups is 2. The van der Waals surface area contributed by atoms with Gasteiger partial charge in [-0.25, -0.2) is 0 Å². The van der Waals surface area contributed by atoms with Gasteiger partial charge >= 0.3 is 0 Å². The minimum atomic E-state index is -0.0600. The van der Waals surface area contributed by atoms with Crippen LogP contribution in [-0.2, 0) is 0 Å². The van der Waals surface area contributed by atoms with Crippen molar-refractivity contribution in [2.75, 3.05) is 0 Å². The zero-order chi connectivity index (χ0) is 25.1. The molecule has 4 nitrogen and oxygen atoms in total. The van der Waals surface area contributed by atoms with Gasteiger partial charge < -0.3 is 4.98 Å². The number of aromatic nitrogens is 1. The van der Waals surface area contributed by atoms with Crippen molar-refractivity contribution in [3.8, 4) is 0 Å². The van der Waals surface area contributed by atoms with Crippen molar-refractivity contribution < 1.29 is 9.59 Å². The third kappa shape index (κ3) is 4.43. The fraction of sp³-hybridized carbons (Fsp3) is 0.129. The molecule has 0 atom stereocenters. The Balaban J connectivity index is 0.000000155. The van der Waals surface area contributed by atoms with E-state index in [2.05, 4.69) is 4.98 Å². The Morgan fingerprint density at radius 2 is 1.03 bits per heavy atom. The van der Waals surface area contributed by atoms with E-state index in [1.807, 2.05) is 76.2 Å². The normalized spacial score (nSPS) is 11.7. The molecule has 0 saturated carbocycles. The lowest BCUT2D eigenvalue weighted by Crippen LogP contribution is -2.20. The number of benzene rings is 4. The molecular weight excluding hydrogens is 434 g/mol. The van der Waals surface area contributed by atoms with Crippen LogP contribution in [0.5, 0.6) is 0 Å². The molecule has 4 aromatic carbocycles. The van der Waals surface area contributed by atoms with Crippen LogP contribution < -0.4 is 5.43 Å². The summed E-state index contributed by atoms with van der Waals surface area (Å²) >= 11 is 0. The van der Waals surface area contributed by atoms with Crippen molar-refractivity contribution >= 4 is 33.4 Å². The van der Waals surface area contributed by atoms with Crippen LogP contribution in [0.1, 0.15) is 56.8 Å². The van der Waals surface area contributed by atoms with E-state index in [0.717, 1.165) is 32.9 Å². The van der Waals surface area contributed by atoms with E-state index in [9.17, 15) is 14.4 Å². The zero-order valence-electron chi connectivity index (χ0n) is 20.3. The van der Waals surface area contributed by atoms with Gasteiger partial charge in [0.05, 0.1) is 0 Å². The van der Waals surface area contributed by atoms with Crippen molar-refractivity contribution in [1.82, 2.24) is 4.98 Å². The van der Waals surface area contributed by atoms with Crippen molar-refractivity contribution in [2.24, 2.45) is 0 Å². The number of ketones is 2. The summed E-state index contributed by atoms with van der Waals surface area (Å²) in [4.78, 5) is 40.0. The van der Waals surface area contributed by atoms with Crippen LogP contribution in [-0.4, -0.2) is 16.6 Å². The van der Waals surface area contributed by atoms with Crippen molar-refractivity contribution in [2.45, 2.75) is 27.7 Å². The molecule has 0 aliphatic heterocycles. The molecule has 1 aromatic heterocycles. The number of pyridine rings is 1. The summed E-state index contributed by atoms with van der Waals surface area (Å²) in [7, 11) is 0. The minimum absolute atomic E-state index is 0.0566. The maximum absolute atomic E-state index is 12.3. The quantitative estimate of drug-likeness (QED) is 0.253. The molecule has 0 amide bonds. The summed E-state index contributed by atoms with van der Waals surface area (Å²) in [6, 6.07) is 25.9. The number of para-hydroxylation sites is 1. The second-order valence-corrected chi connectivity index (χ2v) is 8.30. The molecule has 4 heteroatoms. The van der Waals surface area contributed by atoms with Crippen LogP contribution in [0.2, 0.25) is 0 Å². The lowest BCUT2D eigenvalue weighted by atomic mass is 9.83. The zero-order valence-corrected chi connectivity index (χ0v) is 20.3. The van der Waals surface area contributed by atoms with E-state index in [1.165, 1.54) is 0 Å². The van der Waals surface area contributed by atoms with Crippen molar-refractivity contribution in [1.29, 1.82) is 0 Å². The largest absolute Gasteiger partial charge is 0.354 e. The number of nitrogens with one attached hydrogen (secondary N) is 1. The summed E-state index contributed by atoms with van der Waals surface area (Å²) in [6.45, 7) is 7.91. The topological polar surface area (TPSA) is 67.0 Å². The van der Waals surface area contributed by atoms with Gasteiger partial charge in [-0.15, -0.1) is 0 Å². The fourth-order valence-corrected chi connectivity index (χ4v) is 4.25. The molecule has 1 aliphatic rings. The van der Waals surface area contributed by atoms with Gasteiger partial charge in [0, 0.05) is 44.1 Å². The van der Waals surface area contributed by atoms with E-state index in [1.54, 1.807) is 36.4 Å². The molecule has 0 unspecified atom stereocenters. The summed E-state index contributed by atoms with van der Waals surface area (Å²) in [5.74, 6) is -0.117. The van der Waals surface area contributed by atoms with Gasteiger partial charge in [0.2, 0.25) is 0 Å². The Morgan fingerprint density at radius 3 is 1.74 bits per heavy atom. The average Bonchev–Trinajstić information content (AvgIpc) is 2.89. The van der Waals surface area contributed by atoms with Crippen LogP contribution in [0.3, 0.4) is 0 Å². The summed E-state index contributed by atoms with van der Waals surface area (Å²) in [5.41, 5.74) is 6.04. The minimum Gasteiger partial charge on any atom is -0.354 e. The van der Waals surface area contributed by atoms with Crippen molar-refractivity contribution in [3.05, 3.63) is 129 Å². The van der Waals surface area contributed by atoms with Crippen LogP contribution in [0.25, 0.3) is 21.8 Å². The highest BCUT2D eigenvalue weighted by molar-refractivity contribution is 6.28. The monoisotopic (exact) mass is 461 g/mol. The van der Waals surface area contributed by atoms with Crippen molar-refractivity contribution in [3.63, 3.8) is 0 Å². The molecule has 0 fully saturated rings. The molecule has 174 valence electrons. The average molecular weight is 462 g/mol. The molecular formula is C31H27NO3. The molecule has 1 N–H and O–H groups in total. The summed E-state index contributed by atoms with van der Waals surface area (Å²) in [6.07, 6.45) is 0. The highest BCUT2D eigenvalue weighted by Gasteiger charge is 2.28. The first kappa shape index (κ1) is 23.8. The number of H-pyrrole nitrogens is 1. The number of carbonyl (C=O) groups excluding carboxylic acids is 2. The number of hydrogen-bond donors (Lipinski definition) is 1. The molecule has 1 heterocycles. The van der Waals surface area contributed by atoms with E-state index in [-0.39, 0.29) is 17.0 Å². The first-order valence-electron chi connectivity index (χ1n) is 11.7. The third-order valence-corrected chi connectivity index (χ3v) is 5.94. The van der Waals surface area contributed by atoms with E-state index in [4.69, 9.17) is 0 Å². The highest BCUT2D eigenvalue weighted by atomic mass is 16.1. The molecule has 0 bridgehead atoms. The van der Waals surface area contributed by atoms with Gasteiger partial charge in [-0.2, -0.15) is 0 Å². The van der Waals surface area contributed by atoms with Crippen LogP contribution in [0, 0.1) is 13.8 Å². The standard InChI is InChI=1S/C15H10O2.C14H11NO.C2H6/c1-9-6-7-12-13(8-9)15(17)11-5-3-2-4-10(11)14(12)16;1-9-6-7-13-11(8-9)14(16)10-4-2-3-5-12(10)15-13;1-2/h2-8H,1H3;2-8H,1H3,(H,15,16);1-2H3. The predicted molar refractivity (Wildman–Crippen MR) is 143 cm³/mol. The SMILES string of the molecule is CC.Cc1ccc2[nH]c3ccccc3c(=O)c2c1.Cc1ccc2c(c1)C(=O)c1ccccc1C2=O. The van der Waals surface area contributed by atoms with Gasteiger partial charge in [-0.3, -0.25) is 14.4 Å².